The van der Waals surface area contributed by atoms with E-state index in [0.29, 0.717) is 19.7 Å². The lowest BCUT2D eigenvalue weighted by Crippen LogP contribution is -2.38. The summed E-state index contributed by atoms with van der Waals surface area (Å²) in [5, 5.41) is 11.7. The van der Waals surface area contributed by atoms with Crippen molar-refractivity contribution in [3.05, 3.63) is 12.7 Å². The first-order valence-electron chi connectivity index (χ1n) is 8.45. The number of allylic oxidation sites excluding steroid dienone is 1. The van der Waals surface area contributed by atoms with Crippen molar-refractivity contribution >= 4 is 5.91 Å². The number of rotatable bonds is 15. The van der Waals surface area contributed by atoms with Crippen molar-refractivity contribution < 1.29 is 9.90 Å². The van der Waals surface area contributed by atoms with Crippen molar-refractivity contribution in [1.29, 1.82) is 0 Å². The van der Waals surface area contributed by atoms with Crippen LogP contribution in [0.4, 0.5) is 0 Å². The van der Waals surface area contributed by atoms with E-state index >= 15 is 0 Å². The van der Waals surface area contributed by atoms with Crippen molar-refractivity contribution in [2.75, 3.05) is 26.4 Å². The number of unbranched alkanes of at least 4 members (excludes halogenated alkanes) is 6. The molecule has 0 aliphatic rings. The second kappa shape index (κ2) is 15.5. The number of hydrogen-bond donors (Lipinski definition) is 2. The van der Waals surface area contributed by atoms with Crippen molar-refractivity contribution in [2.45, 2.75) is 64.7 Å². The van der Waals surface area contributed by atoms with Gasteiger partial charge in [-0.15, -0.1) is 6.58 Å². The van der Waals surface area contributed by atoms with Crippen molar-refractivity contribution in [1.82, 2.24) is 10.2 Å². The van der Waals surface area contributed by atoms with Gasteiger partial charge in [-0.2, -0.15) is 0 Å². The molecule has 0 aromatic rings. The molecular formula is C17H34N2O2. The van der Waals surface area contributed by atoms with E-state index in [2.05, 4.69) is 23.7 Å². The van der Waals surface area contributed by atoms with E-state index in [1.165, 1.54) is 25.7 Å². The second-order valence-electron chi connectivity index (χ2n) is 5.49. The molecule has 0 atom stereocenters. The highest BCUT2D eigenvalue weighted by Crippen LogP contribution is 2.05. The fourth-order valence-electron chi connectivity index (χ4n) is 2.20. The first-order valence-corrected chi connectivity index (χ1v) is 8.45. The summed E-state index contributed by atoms with van der Waals surface area (Å²) < 4.78 is 0. The average Bonchev–Trinajstić information content (AvgIpc) is 2.49. The van der Waals surface area contributed by atoms with Gasteiger partial charge in [-0.25, -0.2) is 0 Å². The van der Waals surface area contributed by atoms with Crippen LogP contribution in [0, 0.1) is 0 Å². The summed E-state index contributed by atoms with van der Waals surface area (Å²) in [5.74, 6) is 0.138. The maximum atomic E-state index is 11.6. The molecule has 0 heterocycles. The van der Waals surface area contributed by atoms with Gasteiger partial charge < -0.3 is 10.4 Å². The normalized spacial score (nSPS) is 10.8. The lowest BCUT2D eigenvalue weighted by Gasteiger charge is -2.20. The number of nitrogens with one attached hydrogen (secondary N) is 1. The third-order valence-corrected chi connectivity index (χ3v) is 3.64. The Hall–Kier alpha value is -0.870. The van der Waals surface area contributed by atoms with Crippen LogP contribution in [0.2, 0.25) is 0 Å². The summed E-state index contributed by atoms with van der Waals surface area (Å²) in [4.78, 5) is 13.9. The zero-order chi connectivity index (χ0) is 15.8. The van der Waals surface area contributed by atoms with Crippen LogP contribution >= 0.6 is 0 Å². The van der Waals surface area contributed by atoms with Crippen LogP contribution in [-0.2, 0) is 4.79 Å². The number of carbonyl (C=O) groups is 1. The number of amides is 1. The summed E-state index contributed by atoms with van der Waals surface area (Å²) in [7, 11) is 0. The van der Waals surface area contributed by atoms with Gasteiger partial charge in [-0.1, -0.05) is 38.7 Å². The summed E-state index contributed by atoms with van der Waals surface area (Å²) in [6.07, 6.45) is 11.2. The molecule has 0 radical (unpaired) electrons. The minimum Gasteiger partial charge on any atom is -0.396 e. The first-order chi connectivity index (χ1) is 10.2. The van der Waals surface area contributed by atoms with E-state index in [-0.39, 0.29) is 5.91 Å². The molecule has 0 spiro atoms. The molecule has 2 N–H and O–H groups in total. The third kappa shape index (κ3) is 13.9. The van der Waals surface area contributed by atoms with Crippen LogP contribution in [0.1, 0.15) is 64.7 Å². The fraction of sp³-hybridized carbons (Fsp3) is 0.824. The van der Waals surface area contributed by atoms with Gasteiger partial charge in [0.05, 0.1) is 6.67 Å². The Morgan fingerprint density at radius 3 is 2.43 bits per heavy atom. The maximum Gasteiger partial charge on any atom is 0.221 e. The largest absolute Gasteiger partial charge is 0.396 e. The highest BCUT2D eigenvalue weighted by molar-refractivity contribution is 5.75. The van der Waals surface area contributed by atoms with Crippen LogP contribution in [-0.4, -0.2) is 42.3 Å². The van der Waals surface area contributed by atoms with Gasteiger partial charge in [0.15, 0.2) is 0 Å². The monoisotopic (exact) mass is 298 g/mol. The Morgan fingerprint density at radius 2 is 1.81 bits per heavy atom. The molecule has 0 saturated heterocycles. The zero-order valence-electron chi connectivity index (χ0n) is 13.8. The zero-order valence-corrected chi connectivity index (χ0v) is 13.8. The molecular weight excluding hydrogens is 264 g/mol. The molecule has 0 aliphatic heterocycles. The molecule has 124 valence electrons. The SMILES string of the molecule is C=CCCCC(=O)NCN(CC)CCCCCCCCO. The molecule has 0 bridgehead atoms. The smallest absolute Gasteiger partial charge is 0.221 e. The summed E-state index contributed by atoms with van der Waals surface area (Å²) in [6.45, 7) is 8.78. The molecule has 1 amide bonds. The Kier molecular flexibility index (Phi) is 14.9. The molecule has 0 rings (SSSR count). The topological polar surface area (TPSA) is 52.6 Å². The van der Waals surface area contributed by atoms with E-state index in [9.17, 15) is 4.79 Å². The van der Waals surface area contributed by atoms with Gasteiger partial charge >= 0.3 is 0 Å². The Labute approximate surface area is 130 Å². The van der Waals surface area contributed by atoms with Crippen molar-refractivity contribution in [3.63, 3.8) is 0 Å². The van der Waals surface area contributed by atoms with Crippen molar-refractivity contribution in [3.8, 4) is 0 Å². The van der Waals surface area contributed by atoms with Crippen molar-refractivity contribution in [2.24, 2.45) is 0 Å². The second-order valence-corrected chi connectivity index (χ2v) is 5.49. The molecule has 4 heteroatoms. The van der Waals surface area contributed by atoms with E-state index in [4.69, 9.17) is 5.11 Å². The van der Waals surface area contributed by atoms with Gasteiger partial charge in [0, 0.05) is 13.0 Å². The molecule has 21 heavy (non-hydrogen) atoms. The number of aliphatic hydroxyl groups excluding tert-OH is 1. The van der Waals surface area contributed by atoms with Crippen LogP contribution < -0.4 is 5.32 Å². The third-order valence-electron chi connectivity index (χ3n) is 3.64. The summed E-state index contributed by atoms with van der Waals surface area (Å²) in [6, 6.07) is 0. The summed E-state index contributed by atoms with van der Waals surface area (Å²) >= 11 is 0. The predicted octanol–water partition coefficient (Wildman–Crippen LogP) is 3.07. The van der Waals surface area contributed by atoms with Gasteiger partial charge in [0.1, 0.15) is 0 Å². The van der Waals surface area contributed by atoms with Crippen LogP contribution in [0.3, 0.4) is 0 Å². The van der Waals surface area contributed by atoms with Gasteiger partial charge in [-0.05, 0) is 38.8 Å². The Balaban J connectivity index is 3.52. The van der Waals surface area contributed by atoms with Gasteiger partial charge in [0.25, 0.3) is 0 Å². The minimum atomic E-state index is 0.138. The lowest BCUT2D eigenvalue weighted by molar-refractivity contribution is -0.121. The molecule has 4 nitrogen and oxygen atoms in total. The maximum absolute atomic E-state index is 11.6. The number of aliphatic hydroxyl groups is 1. The van der Waals surface area contributed by atoms with E-state index in [0.717, 1.165) is 38.8 Å². The minimum absolute atomic E-state index is 0.138. The molecule has 0 aromatic heterocycles. The van der Waals surface area contributed by atoms with E-state index < -0.39 is 0 Å². The van der Waals surface area contributed by atoms with Crippen LogP contribution in [0.5, 0.6) is 0 Å². The first kappa shape index (κ1) is 20.1. The van der Waals surface area contributed by atoms with E-state index in [1.54, 1.807) is 0 Å². The molecule has 0 saturated carbocycles. The van der Waals surface area contributed by atoms with E-state index in [1.807, 2.05) is 6.08 Å². The number of nitrogens with zero attached hydrogens (tertiary/aromatic N) is 1. The van der Waals surface area contributed by atoms with Gasteiger partial charge in [-0.3, -0.25) is 9.69 Å². The number of carbonyl (C=O) groups excluding carboxylic acids is 1. The van der Waals surface area contributed by atoms with Gasteiger partial charge in [0.2, 0.25) is 5.91 Å². The average molecular weight is 298 g/mol. The molecule has 0 aliphatic carbocycles. The predicted molar refractivity (Wildman–Crippen MR) is 89.1 cm³/mol. The fourth-order valence-corrected chi connectivity index (χ4v) is 2.20. The Morgan fingerprint density at radius 1 is 1.14 bits per heavy atom. The molecule has 0 fully saturated rings. The number of hydrogen-bond acceptors (Lipinski definition) is 3. The van der Waals surface area contributed by atoms with Crippen LogP contribution in [0.25, 0.3) is 0 Å². The standard InChI is InChI=1S/C17H34N2O2/c1-3-5-10-13-17(21)18-16-19(4-2)14-11-8-6-7-9-12-15-20/h3,20H,1,4-16H2,2H3,(H,18,21). The Bertz CT molecular complexity index is 257. The summed E-state index contributed by atoms with van der Waals surface area (Å²) in [5.41, 5.74) is 0. The molecule has 0 aromatic carbocycles. The highest BCUT2D eigenvalue weighted by Gasteiger charge is 2.05. The highest BCUT2D eigenvalue weighted by atomic mass is 16.2. The van der Waals surface area contributed by atoms with Crippen LogP contribution in [0.15, 0.2) is 12.7 Å². The lowest BCUT2D eigenvalue weighted by atomic mass is 10.1. The quantitative estimate of drug-likeness (QED) is 0.277. The molecule has 0 unspecified atom stereocenters.